The maximum absolute atomic E-state index is 10.5. The summed E-state index contributed by atoms with van der Waals surface area (Å²) in [7, 11) is 0. The van der Waals surface area contributed by atoms with E-state index in [1.165, 1.54) is 12.1 Å². The number of benzene rings is 1. The second kappa shape index (κ2) is 4.93. The van der Waals surface area contributed by atoms with E-state index in [1.54, 1.807) is 18.3 Å². The average Bonchev–Trinajstić information content (AvgIpc) is 2.94. The van der Waals surface area contributed by atoms with Crippen LogP contribution in [0.4, 0.5) is 5.88 Å². The molecule has 2 heterocycles. The fourth-order valence-corrected chi connectivity index (χ4v) is 1.75. The van der Waals surface area contributed by atoms with Gasteiger partial charge in [-0.05, 0) is 24.3 Å². The molecule has 3 aromatic rings. The maximum atomic E-state index is 10.5. The lowest BCUT2D eigenvalue weighted by atomic mass is 10.2. The number of rotatable bonds is 3. The van der Waals surface area contributed by atoms with Crippen LogP contribution >= 0.6 is 0 Å². The molecule has 0 radical (unpaired) electrons. The summed E-state index contributed by atoms with van der Waals surface area (Å²) in [4.78, 5) is 18.5. The third-order valence-electron chi connectivity index (χ3n) is 2.70. The Labute approximate surface area is 113 Å². The van der Waals surface area contributed by atoms with E-state index in [1.807, 2.05) is 24.3 Å². The normalized spacial score (nSPS) is 11.2. The Hall–Kier alpha value is -3.02. The number of furan rings is 1. The van der Waals surface area contributed by atoms with Gasteiger partial charge in [0.2, 0.25) is 0 Å². The molecule has 0 aliphatic heterocycles. The summed E-state index contributed by atoms with van der Waals surface area (Å²) < 4.78 is 5.01. The number of nitrogens with zero attached hydrogens (tertiary/aromatic N) is 3. The molecule has 0 atom stereocenters. The first-order valence-corrected chi connectivity index (χ1v) is 5.86. The Bertz CT molecular complexity index is 808. The van der Waals surface area contributed by atoms with Gasteiger partial charge < -0.3 is 4.42 Å². The highest BCUT2D eigenvalue weighted by molar-refractivity contribution is 5.78. The second-order valence-corrected chi connectivity index (χ2v) is 4.05. The Kier molecular flexibility index (Phi) is 2.96. The topological polar surface area (TPSA) is 82.1 Å². The lowest BCUT2D eigenvalue weighted by molar-refractivity contribution is -0.402. The van der Waals surface area contributed by atoms with Crippen LogP contribution in [0, 0.1) is 10.1 Å². The van der Waals surface area contributed by atoms with Gasteiger partial charge in [0.1, 0.15) is 10.7 Å². The van der Waals surface area contributed by atoms with Gasteiger partial charge in [0.25, 0.3) is 0 Å². The van der Waals surface area contributed by atoms with E-state index >= 15 is 0 Å². The van der Waals surface area contributed by atoms with Crippen molar-refractivity contribution in [2.24, 2.45) is 0 Å². The minimum atomic E-state index is -0.579. The van der Waals surface area contributed by atoms with Crippen molar-refractivity contribution < 1.29 is 9.34 Å². The van der Waals surface area contributed by atoms with Crippen molar-refractivity contribution >= 4 is 28.9 Å². The van der Waals surface area contributed by atoms with Crippen LogP contribution in [0.5, 0.6) is 0 Å². The van der Waals surface area contributed by atoms with E-state index in [0.717, 1.165) is 10.9 Å². The molecule has 0 bridgehead atoms. The highest BCUT2D eigenvalue weighted by Crippen LogP contribution is 2.17. The van der Waals surface area contributed by atoms with E-state index < -0.39 is 4.92 Å². The fraction of sp³-hybridized carbons (Fsp3) is 0. The largest absolute Gasteiger partial charge is 0.433 e. The van der Waals surface area contributed by atoms with Crippen molar-refractivity contribution in [1.29, 1.82) is 0 Å². The van der Waals surface area contributed by atoms with Gasteiger partial charge in [-0.25, -0.2) is 9.97 Å². The maximum Gasteiger partial charge on any atom is 0.433 e. The third-order valence-corrected chi connectivity index (χ3v) is 2.70. The van der Waals surface area contributed by atoms with Crippen LogP contribution in [-0.2, 0) is 0 Å². The summed E-state index contributed by atoms with van der Waals surface area (Å²) in [5, 5.41) is 11.5. The molecule has 20 heavy (non-hydrogen) atoms. The zero-order valence-corrected chi connectivity index (χ0v) is 10.3. The summed E-state index contributed by atoms with van der Waals surface area (Å²) in [5.41, 5.74) is 0.840. The second-order valence-electron chi connectivity index (χ2n) is 4.05. The Morgan fingerprint density at radius 2 is 2.00 bits per heavy atom. The van der Waals surface area contributed by atoms with E-state index in [9.17, 15) is 10.1 Å². The zero-order valence-electron chi connectivity index (χ0n) is 10.3. The Balaban J connectivity index is 1.87. The van der Waals surface area contributed by atoms with Crippen LogP contribution in [0.3, 0.4) is 0 Å². The molecule has 2 aromatic heterocycles. The molecule has 0 fully saturated rings. The van der Waals surface area contributed by atoms with Gasteiger partial charge in [-0.15, -0.1) is 0 Å². The van der Waals surface area contributed by atoms with Crippen molar-refractivity contribution in [3.05, 3.63) is 64.3 Å². The standard InChI is InChI=1S/C14H9N3O3/c18-17(19)14-8-6-11(20-14)5-7-13-15-9-10-3-1-2-4-12(10)16-13/h1-9H. The molecular weight excluding hydrogens is 258 g/mol. The lowest BCUT2D eigenvalue weighted by Gasteiger charge is -1.96. The summed E-state index contributed by atoms with van der Waals surface area (Å²) in [6.07, 6.45) is 4.97. The molecule has 6 heteroatoms. The lowest BCUT2D eigenvalue weighted by Crippen LogP contribution is -1.87. The van der Waals surface area contributed by atoms with Gasteiger partial charge in [0, 0.05) is 11.6 Å². The first-order chi connectivity index (χ1) is 9.72. The molecule has 1 aromatic carbocycles. The smallest absolute Gasteiger partial charge is 0.401 e. The summed E-state index contributed by atoms with van der Waals surface area (Å²) in [5.74, 6) is 0.611. The van der Waals surface area contributed by atoms with Crippen LogP contribution in [0.1, 0.15) is 11.6 Å². The summed E-state index contributed by atoms with van der Waals surface area (Å²) in [6, 6.07) is 10.5. The minimum Gasteiger partial charge on any atom is -0.401 e. The van der Waals surface area contributed by atoms with Gasteiger partial charge in [0.15, 0.2) is 5.82 Å². The molecule has 98 valence electrons. The van der Waals surface area contributed by atoms with Crippen molar-refractivity contribution in [1.82, 2.24) is 9.97 Å². The predicted octanol–water partition coefficient (Wildman–Crippen LogP) is 3.30. The van der Waals surface area contributed by atoms with Crippen LogP contribution in [0.15, 0.2) is 47.0 Å². The van der Waals surface area contributed by atoms with E-state index in [2.05, 4.69) is 9.97 Å². The number of hydrogen-bond acceptors (Lipinski definition) is 5. The first kappa shape index (κ1) is 12.0. The van der Waals surface area contributed by atoms with E-state index in [0.29, 0.717) is 11.6 Å². The molecule has 0 spiro atoms. The Morgan fingerprint density at radius 1 is 1.15 bits per heavy atom. The van der Waals surface area contributed by atoms with E-state index in [-0.39, 0.29) is 5.88 Å². The molecule has 0 N–H and O–H groups in total. The SMILES string of the molecule is O=[N+]([O-])c1ccc(C=Cc2ncc3ccccc3n2)o1. The molecular formula is C14H9N3O3. The summed E-state index contributed by atoms with van der Waals surface area (Å²) in [6.45, 7) is 0. The molecule has 0 aliphatic rings. The van der Waals surface area contributed by atoms with Gasteiger partial charge in [-0.2, -0.15) is 0 Å². The van der Waals surface area contributed by atoms with Crippen LogP contribution in [0.2, 0.25) is 0 Å². The number of fused-ring (bicyclic) bond motifs is 1. The number of aromatic nitrogens is 2. The predicted molar refractivity (Wildman–Crippen MR) is 73.8 cm³/mol. The highest BCUT2D eigenvalue weighted by atomic mass is 16.6. The van der Waals surface area contributed by atoms with Crippen LogP contribution in [0.25, 0.3) is 23.1 Å². The Morgan fingerprint density at radius 3 is 2.80 bits per heavy atom. The monoisotopic (exact) mass is 267 g/mol. The number of nitro groups is 1. The van der Waals surface area contributed by atoms with Crippen LogP contribution in [-0.4, -0.2) is 14.9 Å². The van der Waals surface area contributed by atoms with Gasteiger partial charge in [-0.1, -0.05) is 18.2 Å². The van der Waals surface area contributed by atoms with Gasteiger partial charge in [-0.3, -0.25) is 10.1 Å². The number of para-hydroxylation sites is 1. The van der Waals surface area contributed by atoms with Crippen molar-refractivity contribution in [3.8, 4) is 0 Å². The molecule has 3 rings (SSSR count). The van der Waals surface area contributed by atoms with Crippen LogP contribution < -0.4 is 0 Å². The minimum absolute atomic E-state index is 0.288. The van der Waals surface area contributed by atoms with Gasteiger partial charge >= 0.3 is 5.88 Å². The third kappa shape index (κ3) is 2.39. The van der Waals surface area contributed by atoms with Gasteiger partial charge in [0.05, 0.1) is 11.6 Å². The fourth-order valence-electron chi connectivity index (χ4n) is 1.75. The molecule has 0 amide bonds. The molecule has 6 nitrogen and oxygen atoms in total. The van der Waals surface area contributed by atoms with Crippen molar-refractivity contribution in [2.75, 3.05) is 0 Å². The van der Waals surface area contributed by atoms with Crippen molar-refractivity contribution in [2.45, 2.75) is 0 Å². The number of hydrogen-bond donors (Lipinski definition) is 0. The van der Waals surface area contributed by atoms with E-state index in [4.69, 9.17) is 4.42 Å². The average molecular weight is 267 g/mol. The molecule has 0 unspecified atom stereocenters. The first-order valence-electron chi connectivity index (χ1n) is 5.86. The zero-order chi connectivity index (χ0) is 13.9. The quantitative estimate of drug-likeness (QED) is 0.537. The summed E-state index contributed by atoms with van der Waals surface area (Å²) >= 11 is 0. The molecule has 0 aliphatic carbocycles. The highest BCUT2D eigenvalue weighted by Gasteiger charge is 2.09. The molecule has 0 saturated heterocycles. The van der Waals surface area contributed by atoms with Crippen molar-refractivity contribution in [3.63, 3.8) is 0 Å². The molecule has 0 saturated carbocycles.